The first kappa shape index (κ1) is 20.8. The maximum atomic E-state index is 12.6. The zero-order valence-electron chi connectivity index (χ0n) is 16.5. The zero-order chi connectivity index (χ0) is 20.9. The topological polar surface area (TPSA) is 66.5 Å². The van der Waals surface area contributed by atoms with Crippen molar-refractivity contribution < 1.29 is 13.2 Å². The lowest BCUT2D eigenvalue weighted by molar-refractivity contribution is 0.0951. The molecule has 0 aliphatic carbocycles. The van der Waals surface area contributed by atoms with Crippen LogP contribution in [0.2, 0.25) is 0 Å². The van der Waals surface area contributed by atoms with E-state index in [0.29, 0.717) is 12.1 Å². The predicted octanol–water partition coefficient (Wildman–Crippen LogP) is 3.75. The van der Waals surface area contributed by atoms with Gasteiger partial charge in [0.05, 0.1) is 4.90 Å². The summed E-state index contributed by atoms with van der Waals surface area (Å²) >= 11 is 0. The Morgan fingerprint density at radius 3 is 2.17 bits per heavy atom. The van der Waals surface area contributed by atoms with Crippen LogP contribution in [0.15, 0.2) is 83.8 Å². The highest BCUT2D eigenvalue weighted by atomic mass is 32.2. The molecule has 0 saturated heterocycles. The summed E-state index contributed by atoms with van der Waals surface area (Å²) < 4.78 is 26.5. The number of aryl methyl sites for hydroxylation is 1. The number of amides is 1. The summed E-state index contributed by atoms with van der Waals surface area (Å²) in [6.07, 6.45) is 0. The first-order valence-electron chi connectivity index (χ1n) is 9.31. The van der Waals surface area contributed by atoms with E-state index in [1.54, 1.807) is 61.6 Å². The third-order valence-electron chi connectivity index (χ3n) is 4.77. The fraction of sp³-hybridized carbons (Fsp3) is 0.174. The van der Waals surface area contributed by atoms with E-state index in [2.05, 4.69) is 5.32 Å². The van der Waals surface area contributed by atoms with Gasteiger partial charge < -0.3 is 5.32 Å². The Morgan fingerprint density at radius 1 is 0.897 bits per heavy atom. The summed E-state index contributed by atoms with van der Waals surface area (Å²) in [4.78, 5) is 12.6. The summed E-state index contributed by atoms with van der Waals surface area (Å²) in [5.41, 5.74) is 3.55. The lowest BCUT2D eigenvalue weighted by Crippen LogP contribution is -2.26. The number of carbonyl (C=O) groups is 1. The van der Waals surface area contributed by atoms with Crippen LogP contribution >= 0.6 is 0 Å². The van der Waals surface area contributed by atoms with E-state index in [9.17, 15) is 13.2 Å². The molecule has 3 aromatic carbocycles. The van der Waals surface area contributed by atoms with Gasteiger partial charge in [0.2, 0.25) is 10.0 Å². The number of hydrogen-bond donors (Lipinski definition) is 1. The van der Waals surface area contributed by atoms with Gasteiger partial charge in [0.1, 0.15) is 0 Å². The molecule has 0 radical (unpaired) electrons. The molecule has 1 N–H and O–H groups in total. The average Bonchev–Trinajstić information content (AvgIpc) is 2.74. The summed E-state index contributed by atoms with van der Waals surface area (Å²) in [5.74, 6) is -0.162. The Labute approximate surface area is 172 Å². The molecule has 29 heavy (non-hydrogen) atoms. The van der Waals surface area contributed by atoms with Gasteiger partial charge in [-0.15, -0.1) is 0 Å². The van der Waals surface area contributed by atoms with E-state index >= 15 is 0 Å². The van der Waals surface area contributed by atoms with Crippen molar-refractivity contribution in [3.63, 3.8) is 0 Å². The van der Waals surface area contributed by atoms with Gasteiger partial charge in [0, 0.05) is 25.7 Å². The van der Waals surface area contributed by atoms with Gasteiger partial charge in [-0.25, -0.2) is 8.42 Å². The van der Waals surface area contributed by atoms with Crippen LogP contribution < -0.4 is 5.32 Å². The van der Waals surface area contributed by atoms with E-state index in [0.717, 1.165) is 16.7 Å². The molecule has 6 heteroatoms. The first-order valence-corrected chi connectivity index (χ1v) is 10.7. The van der Waals surface area contributed by atoms with Crippen LogP contribution in [0.25, 0.3) is 0 Å². The molecule has 150 valence electrons. The fourth-order valence-electron chi connectivity index (χ4n) is 2.96. The molecule has 0 heterocycles. The van der Waals surface area contributed by atoms with Gasteiger partial charge in [-0.2, -0.15) is 4.31 Å². The van der Waals surface area contributed by atoms with Crippen molar-refractivity contribution >= 4 is 15.9 Å². The van der Waals surface area contributed by atoms with Gasteiger partial charge in [-0.1, -0.05) is 54.6 Å². The van der Waals surface area contributed by atoms with E-state index < -0.39 is 10.0 Å². The van der Waals surface area contributed by atoms with Crippen LogP contribution in [0.1, 0.15) is 27.0 Å². The molecule has 5 nitrogen and oxygen atoms in total. The van der Waals surface area contributed by atoms with Crippen molar-refractivity contribution in [2.75, 3.05) is 7.05 Å². The second-order valence-electron chi connectivity index (χ2n) is 6.88. The molecule has 0 bridgehead atoms. The predicted molar refractivity (Wildman–Crippen MR) is 114 cm³/mol. The number of nitrogens with zero attached hydrogens (tertiary/aromatic N) is 1. The molecular formula is C23H24N2O3S. The van der Waals surface area contributed by atoms with Gasteiger partial charge in [0.15, 0.2) is 0 Å². The minimum absolute atomic E-state index is 0.162. The second-order valence-corrected chi connectivity index (χ2v) is 8.93. The highest BCUT2D eigenvalue weighted by Crippen LogP contribution is 2.17. The Bertz CT molecular complexity index is 1080. The Morgan fingerprint density at radius 2 is 1.52 bits per heavy atom. The standard InChI is InChI=1S/C23H24N2O3S/c1-18-8-6-7-9-21(18)16-24-23(26)20-14-12-19(13-15-20)17-25(2)29(27,28)22-10-4-3-5-11-22/h3-15H,16-17H2,1-2H3,(H,24,26). The van der Waals surface area contributed by atoms with Crippen molar-refractivity contribution in [1.82, 2.24) is 9.62 Å². The van der Waals surface area contributed by atoms with Gasteiger partial charge in [0.25, 0.3) is 5.91 Å². The molecule has 0 spiro atoms. The number of nitrogens with one attached hydrogen (secondary N) is 1. The van der Waals surface area contributed by atoms with Crippen LogP contribution in [0, 0.1) is 6.92 Å². The molecule has 0 saturated carbocycles. The molecule has 0 fully saturated rings. The largest absolute Gasteiger partial charge is 0.348 e. The number of benzene rings is 3. The van der Waals surface area contributed by atoms with Crippen LogP contribution in [-0.2, 0) is 23.1 Å². The van der Waals surface area contributed by atoms with Crippen LogP contribution in [-0.4, -0.2) is 25.7 Å². The van der Waals surface area contributed by atoms with Crippen molar-refractivity contribution in [2.45, 2.75) is 24.9 Å². The molecule has 0 unspecified atom stereocenters. The first-order chi connectivity index (χ1) is 13.9. The zero-order valence-corrected chi connectivity index (χ0v) is 17.3. The number of rotatable bonds is 7. The molecule has 0 atom stereocenters. The number of sulfonamides is 1. The Balaban J connectivity index is 1.62. The third kappa shape index (κ3) is 5.10. The maximum Gasteiger partial charge on any atom is 0.251 e. The van der Waals surface area contributed by atoms with Crippen molar-refractivity contribution in [2.24, 2.45) is 0 Å². The lowest BCUT2D eigenvalue weighted by Gasteiger charge is -2.17. The molecule has 0 aliphatic heterocycles. The summed E-state index contributed by atoms with van der Waals surface area (Å²) in [5, 5.41) is 2.92. The molecule has 0 aliphatic rings. The van der Waals surface area contributed by atoms with E-state index in [4.69, 9.17) is 0 Å². The monoisotopic (exact) mass is 408 g/mol. The molecule has 3 aromatic rings. The number of carbonyl (C=O) groups excluding carboxylic acids is 1. The van der Waals surface area contributed by atoms with Gasteiger partial charge in [-0.3, -0.25) is 4.79 Å². The molecule has 3 rings (SSSR count). The summed E-state index contributed by atoms with van der Waals surface area (Å²) in [6, 6.07) is 23.2. The third-order valence-corrected chi connectivity index (χ3v) is 6.59. The highest BCUT2D eigenvalue weighted by Gasteiger charge is 2.20. The fourth-order valence-corrected chi connectivity index (χ4v) is 4.14. The van der Waals surface area contributed by atoms with Gasteiger partial charge in [-0.05, 0) is 47.9 Å². The quantitative estimate of drug-likeness (QED) is 0.648. The van der Waals surface area contributed by atoms with Gasteiger partial charge >= 0.3 is 0 Å². The average molecular weight is 409 g/mol. The highest BCUT2D eigenvalue weighted by molar-refractivity contribution is 7.89. The second kappa shape index (κ2) is 9.03. The molecule has 0 aromatic heterocycles. The van der Waals surface area contributed by atoms with E-state index in [1.807, 2.05) is 31.2 Å². The SMILES string of the molecule is Cc1ccccc1CNC(=O)c1ccc(CN(C)S(=O)(=O)c2ccccc2)cc1. The van der Waals surface area contributed by atoms with Crippen LogP contribution in [0.4, 0.5) is 0 Å². The minimum Gasteiger partial charge on any atom is -0.348 e. The Hall–Kier alpha value is -2.96. The number of hydrogen-bond acceptors (Lipinski definition) is 3. The Kier molecular flexibility index (Phi) is 6.46. The lowest BCUT2D eigenvalue weighted by atomic mass is 10.1. The smallest absolute Gasteiger partial charge is 0.251 e. The van der Waals surface area contributed by atoms with Crippen molar-refractivity contribution in [3.8, 4) is 0 Å². The summed E-state index contributed by atoms with van der Waals surface area (Å²) in [6.45, 7) is 2.70. The molecular weight excluding hydrogens is 384 g/mol. The van der Waals surface area contributed by atoms with Crippen molar-refractivity contribution in [1.29, 1.82) is 0 Å². The minimum atomic E-state index is -3.55. The van der Waals surface area contributed by atoms with Crippen LogP contribution in [0.5, 0.6) is 0 Å². The summed E-state index contributed by atoms with van der Waals surface area (Å²) in [7, 11) is -2.01. The van der Waals surface area contributed by atoms with E-state index in [1.165, 1.54) is 4.31 Å². The van der Waals surface area contributed by atoms with Crippen LogP contribution in [0.3, 0.4) is 0 Å². The van der Waals surface area contributed by atoms with E-state index in [-0.39, 0.29) is 17.3 Å². The van der Waals surface area contributed by atoms with Crippen molar-refractivity contribution in [3.05, 3.63) is 101 Å². The molecule has 1 amide bonds. The normalized spacial score (nSPS) is 11.4. The maximum absolute atomic E-state index is 12.6.